The lowest BCUT2D eigenvalue weighted by molar-refractivity contribution is 0.181. The van der Waals surface area contributed by atoms with Crippen molar-refractivity contribution in [3.63, 3.8) is 0 Å². The lowest BCUT2D eigenvalue weighted by Crippen LogP contribution is -1.95. The van der Waals surface area contributed by atoms with Crippen LogP contribution in [0.2, 0.25) is 0 Å². The van der Waals surface area contributed by atoms with Crippen molar-refractivity contribution in [3.8, 4) is 22.4 Å². The van der Waals surface area contributed by atoms with Crippen LogP contribution in [0.4, 0.5) is 4.39 Å². The molecule has 0 radical (unpaired) electrons. The smallest absolute Gasteiger partial charge is 0.163 e. The van der Waals surface area contributed by atoms with Gasteiger partial charge in [0.05, 0.1) is 23.6 Å². The molecule has 0 saturated carbocycles. The Morgan fingerprint density at radius 3 is 2.67 bits per heavy atom. The van der Waals surface area contributed by atoms with Crippen molar-refractivity contribution in [2.45, 2.75) is 6.61 Å². The lowest BCUT2D eigenvalue weighted by Gasteiger charge is -2.04. The largest absolute Gasteiger partial charge is 0.378 e. The zero-order valence-corrected chi connectivity index (χ0v) is 13.8. The van der Waals surface area contributed by atoms with Gasteiger partial charge in [-0.3, -0.25) is 0 Å². The first-order chi connectivity index (χ1) is 11.8. The third-order valence-electron chi connectivity index (χ3n) is 3.82. The first-order valence-electron chi connectivity index (χ1n) is 7.42. The van der Waals surface area contributed by atoms with E-state index in [-0.39, 0.29) is 5.82 Å². The summed E-state index contributed by atoms with van der Waals surface area (Å²) in [5.41, 5.74) is 5.30. The predicted molar refractivity (Wildman–Crippen MR) is 92.4 cm³/mol. The van der Waals surface area contributed by atoms with Crippen LogP contribution in [0.5, 0.6) is 0 Å². The number of methoxy groups -OCH3 is 1. The fourth-order valence-electron chi connectivity index (χ4n) is 2.77. The van der Waals surface area contributed by atoms with Crippen LogP contribution in [0, 0.1) is 5.82 Å². The predicted octanol–water partition coefficient (Wildman–Crippen LogP) is 4.41. The molecule has 120 valence electrons. The number of hydrogen-bond acceptors (Lipinski definition) is 4. The van der Waals surface area contributed by atoms with E-state index in [2.05, 4.69) is 16.4 Å². The number of halogens is 1. The molecule has 0 spiro atoms. The van der Waals surface area contributed by atoms with E-state index in [1.54, 1.807) is 36.8 Å². The molecular weight excluding hydrogens is 325 g/mol. The summed E-state index contributed by atoms with van der Waals surface area (Å²) >= 11 is 1.63. The van der Waals surface area contributed by atoms with E-state index in [9.17, 15) is 4.39 Å². The molecule has 0 aliphatic carbocycles. The summed E-state index contributed by atoms with van der Waals surface area (Å²) in [5.74, 6) is -0.268. The van der Waals surface area contributed by atoms with Gasteiger partial charge in [-0.1, -0.05) is 12.1 Å². The Morgan fingerprint density at radius 1 is 1.12 bits per heavy atom. The molecule has 0 amide bonds. The van der Waals surface area contributed by atoms with Gasteiger partial charge >= 0.3 is 0 Å². The first-order valence-corrected chi connectivity index (χ1v) is 8.36. The summed E-state index contributed by atoms with van der Waals surface area (Å²) in [4.78, 5) is 4.51. The molecule has 3 aromatic heterocycles. The minimum absolute atomic E-state index is 0.268. The van der Waals surface area contributed by atoms with E-state index in [1.165, 1.54) is 12.1 Å². The fraction of sp³-hybridized carbons (Fsp3) is 0.111. The van der Waals surface area contributed by atoms with Crippen LogP contribution in [0.1, 0.15) is 5.69 Å². The number of hydrogen-bond donors (Lipinski definition) is 0. The number of ether oxygens (including phenoxy) is 1. The summed E-state index contributed by atoms with van der Waals surface area (Å²) in [6.45, 7) is 0.360. The van der Waals surface area contributed by atoms with Crippen molar-refractivity contribution in [1.29, 1.82) is 0 Å². The van der Waals surface area contributed by atoms with Crippen LogP contribution < -0.4 is 0 Å². The zero-order valence-electron chi connectivity index (χ0n) is 12.9. The molecule has 6 heteroatoms. The highest BCUT2D eigenvalue weighted by Gasteiger charge is 2.18. The molecule has 0 aliphatic heterocycles. The maximum Gasteiger partial charge on any atom is 0.163 e. The molecule has 4 nitrogen and oxygen atoms in total. The van der Waals surface area contributed by atoms with Crippen molar-refractivity contribution < 1.29 is 9.13 Å². The zero-order chi connectivity index (χ0) is 16.5. The molecule has 0 saturated heterocycles. The number of benzene rings is 1. The van der Waals surface area contributed by atoms with E-state index in [4.69, 9.17) is 9.84 Å². The summed E-state index contributed by atoms with van der Waals surface area (Å²) in [6, 6.07) is 10.4. The number of aromatic nitrogens is 3. The van der Waals surface area contributed by atoms with Crippen molar-refractivity contribution in [3.05, 3.63) is 64.9 Å². The minimum Gasteiger partial charge on any atom is -0.378 e. The Bertz CT molecular complexity index is 978. The fourth-order valence-corrected chi connectivity index (χ4v) is 3.42. The van der Waals surface area contributed by atoms with Gasteiger partial charge < -0.3 is 4.74 Å². The second kappa shape index (κ2) is 6.14. The molecule has 4 rings (SSSR count). The van der Waals surface area contributed by atoms with Gasteiger partial charge in [-0.05, 0) is 35.2 Å². The molecule has 0 N–H and O–H groups in total. The lowest BCUT2D eigenvalue weighted by atomic mass is 10.1. The van der Waals surface area contributed by atoms with Gasteiger partial charge in [0.25, 0.3) is 0 Å². The average Bonchev–Trinajstić information content (AvgIpc) is 3.23. The van der Waals surface area contributed by atoms with Crippen LogP contribution in [0.3, 0.4) is 0 Å². The molecule has 0 bridgehead atoms. The van der Waals surface area contributed by atoms with Crippen molar-refractivity contribution in [2.24, 2.45) is 0 Å². The highest BCUT2D eigenvalue weighted by molar-refractivity contribution is 7.08. The number of nitrogens with zero attached hydrogens (tertiary/aromatic N) is 3. The topological polar surface area (TPSA) is 39.4 Å². The van der Waals surface area contributed by atoms with E-state index in [1.807, 2.05) is 16.0 Å². The maximum atomic E-state index is 13.3. The normalized spacial score (nSPS) is 11.2. The highest BCUT2D eigenvalue weighted by Crippen LogP contribution is 2.31. The second-order valence-corrected chi connectivity index (χ2v) is 6.12. The van der Waals surface area contributed by atoms with Gasteiger partial charge in [-0.15, -0.1) is 0 Å². The molecule has 4 aromatic rings. The van der Waals surface area contributed by atoms with Crippen LogP contribution >= 0.6 is 11.3 Å². The molecular formula is C18H14FN3OS. The van der Waals surface area contributed by atoms with E-state index >= 15 is 0 Å². The molecule has 3 heterocycles. The quantitative estimate of drug-likeness (QED) is 0.553. The van der Waals surface area contributed by atoms with Crippen LogP contribution in [-0.2, 0) is 11.3 Å². The first kappa shape index (κ1) is 15.0. The van der Waals surface area contributed by atoms with Gasteiger partial charge in [-0.2, -0.15) is 16.4 Å². The van der Waals surface area contributed by atoms with E-state index in [0.29, 0.717) is 6.61 Å². The summed E-state index contributed by atoms with van der Waals surface area (Å²) in [5, 5.41) is 8.80. The molecule has 1 aromatic carbocycles. The Labute approximate surface area is 142 Å². The van der Waals surface area contributed by atoms with Crippen LogP contribution in [0.15, 0.2) is 53.4 Å². The molecule has 24 heavy (non-hydrogen) atoms. The van der Waals surface area contributed by atoms with Crippen molar-refractivity contribution in [1.82, 2.24) is 14.6 Å². The van der Waals surface area contributed by atoms with Crippen molar-refractivity contribution in [2.75, 3.05) is 7.11 Å². The number of fused-ring (bicyclic) bond motifs is 1. The van der Waals surface area contributed by atoms with Crippen LogP contribution in [-0.4, -0.2) is 21.7 Å². The van der Waals surface area contributed by atoms with Gasteiger partial charge in [0, 0.05) is 24.3 Å². The van der Waals surface area contributed by atoms with Crippen molar-refractivity contribution >= 4 is 17.0 Å². The van der Waals surface area contributed by atoms with Crippen LogP contribution in [0.25, 0.3) is 28.0 Å². The number of rotatable bonds is 4. The monoisotopic (exact) mass is 339 g/mol. The Hall–Kier alpha value is -2.57. The summed E-state index contributed by atoms with van der Waals surface area (Å²) < 4.78 is 20.4. The molecule has 0 aliphatic rings. The Morgan fingerprint density at radius 2 is 1.96 bits per heavy atom. The summed E-state index contributed by atoms with van der Waals surface area (Å²) in [6.07, 6.45) is 1.77. The van der Waals surface area contributed by atoms with Gasteiger partial charge in [0.2, 0.25) is 0 Å². The van der Waals surface area contributed by atoms with Gasteiger partial charge in [0.15, 0.2) is 5.65 Å². The molecule has 0 fully saturated rings. The number of thiophene rings is 1. The second-order valence-electron chi connectivity index (χ2n) is 5.34. The highest BCUT2D eigenvalue weighted by atomic mass is 32.1. The van der Waals surface area contributed by atoms with Gasteiger partial charge in [0.1, 0.15) is 5.82 Å². The van der Waals surface area contributed by atoms with E-state index in [0.717, 1.165) is 33.7 Å². The SMILES string of the molecule is COCc1nn2c(-c3ccsc3)ccnc2c1-c1ccc(F)cc1. The standard InChI is InChI=1S/C18H14FN3OS/c1-23-10-15-17(12-2-4-14(19)5-3-12)18-20-8-6-16(22(18)21-15)13-7-9-24-11-13/h2-9,11H,10H2,1H3. The summed E-state index contributed by atoms with van der Waals surface area (Å²) in [7, 11) is 1.63. The maximum absolute atomic E-state index is 13.3. The van der Waals surface area contributed by atoms with Gasteiger partial charge in [-0.25, -0.2) is 13.9 Å². The third kappa shape index (κ3) is 2.50. The third-order valence-corrected chi connectivity index (χ3v) is 4.51. The molecule has 0 atom stereocenters. The Kier molecular flexibility index (Phi) is 3.84. The molecule has 0 unspecified atom stereocenters. The minimum atomic E-state index is -0.268. The Balaban J connectivity index is 1.99. The average molecular weight is 339 g/mol. The van der Waals surface area contributed by atoms with E-state index < -0.39 is 0 Å².